The molecular weight excluding hydrogens is 344 g/mol. The third kappa shape index (κ3) is 2.40. The van der Waals surface area contributed by atoms with Crippen molar-refractivity contribution in [3.8, 4) is 0 Å². The molecule has 4 aromatic rings. The van der Waals surface area contributed by atoms with Crippen LogP contribution in [-0.2, 0) is 0 Å². The highest BCUT2D eigenvalue weighted by atomic mass is 15.4. The minimum atomic E-state index is 0.593. The molecule has 2 fully saturated rings. The Balaban J connectivity index is 1.30. The highest BCUT2D eigenvalue weighted by Crippen LogP contribution is 2.40. The van der Waals surface area contributed by atoms with Crippen LogP contribution in [0, 0.1) is 0 Å². The van der Waals surface area contributed by atoms with E-state index in [0.29, 0.717) is 11.7 Å². The van der Waals surface area contributed by atoms with E-state index in [0.717, 1.165) is 49.0 Å². The molecule has 1 saturated carbocycles. The largest absolute Gasteiger partial charge is 0.365 e. The van der Waals surface area contributed by atoms with Crippen LogP contribution in [0.15, 0.2) is 31.0 Å². The molecule has 0 amide bonds. The van der Waals surface area contributed by atoms with Crippen LogP contribution < -0.4 is 9.80 Å². The fourth-order valence-corrected chi connectivity index (χ4v) is 3.80. The SMILES string of the molecule is c1cc(N2CCN(c3cc(C4CC4)nn4cnnc34)CC2)n2cnnc2n1. The van der Waals surface area contributed by atoms with Crippen LogP contribution in [0.3, 0.4) is 0 Å². The average molecular weight is 362 g/mol. The summed E-state index contributed by atoms with van der Waals surface area (Å²) in [4.78, 5) is 8.98. The lowest BCUT2D eigenvalue weighted by atomic mass is 10.2. The summed E-state index contributed by atoms with van der Waals surface area (Å²) in [5, 5.41) is 21.0. The summed E-state index contributed by atoms with van der Waals surface area (Å²) < 4.78 is 3.75. The normalized spacial score (nSPS) is 17.9. The lowest BCUT2D eigenvalue weighted by molar-refractivity contribution is 0.642. The summed E-state index contributed by atoms with van der Waals surface area (Å²) in [5.74, 6) is 2.30. The number of anilines is 2. The molecule has 0 unspecified atom stereocenters. The van der Waals surface area contributed by atoms with Crippen LogP contribution in [0.2, 0.25) is 0 Å². The maximum Gasteiger partial charge on any atom is 0.256 e. The van der Waals surface area contributed by atoms with Gasteiger partial charge in [0.2, 0.25) is 5.65 Å². The van der Waals surface area contributed by atoms with E-state index in [4.69, 9.17) is 0 Å². The first-order chi connectivity index (χ1) is 13.4. The first-order valence-electron chi connectivity index (χ1n) is 9.22. The van der Waals surface area contributed by atoms with Gasteiger partial charge in [-0.25, -0.2) is 4.98 Å². The van der Waals surface area contributed by atoms with E-state index in [1.807, 2.05) is 15.0 Å². The minimum Gasteiger partial charge on any atom is -0.365 e. The number of rotatable bonds is 3. The molecule has 0 radical (unpaired) electrons. The second-order valence-corrected chi connectivity index (χ2v) is 7.11. The topological polar surface area (TPSA) is 92.6 Å². The van der Waals surface area contributed by atoms with Gasteiger partial charge < -0.3 is 9.80 Å². The molecule has 4 aromatic heterocycles. The second-order valence-electron chi connectivity index (χ2n) is 7.11. The third-order valence-electron chi connectivity index (χ3n) is 5.40. The van der Waals surface area contributed by atoms with Gasteiger partial charge in [0.1, 0.15) is 18.5 Å². The molecule has 10 nitrogen and oxygen atoms in total. The Morgan fingerprint density at radius 3 is 2.59 bits per heavy atom. The lowest BCUT2D eigenvalue weighted by Crippen LogP contribution is -2.47. The Kier molecular flexibility index (Phi) is 3.07. The maximum absolute atomic E-state index is 4.67. The molecule has 5 heterocycles. The Morgan fingerprint density at radius 1 is 0.926 bits per heavy atom. The molecule has 0 N–H and O–H groups in total. The monoisotopic (exact) mass is 362 g/mol. The summed E-state index contributed by atoms with van der Waals surface area (Å²) in [6, 6.07) is 4.22. The van der Waals surface area contributed by atoms with Crippen molar-refractivity contribution in [3.05, 3.63) is 36.7 Å². The van der Waals surface area contributed by atoms with Crippen molar-refractivity contribution in [2.75, 3.05) is 36.0 Å². The van der Waals surface area contributed by atoms with Crippen molar-refractivity contribution in [2.45, 2.75) is 18.8 Å². The van der Waals surface area contributed by atoms with Gasteiger partial charge in [0.15, 0.2) is 0 Å². The van der Waals surface area contributed by atoms with Gasteiger partial charge in [-0.2, -0.15) is 9.61 Å². The maximum atomic E-state index is 4.67. The van der Waals surface area contributed by atoms with Crippen molar-refractivity contribution in [2.24, 2.45) is 0 Å². The predicted octanol–water partition coefficient (Wildman–Crippen LogP) is 0.766. The van der Waals surface area contributed by atoms with Crippen LogP contribution in [0.5, 0.6) is 0 Å². The fraction of sp³-hybridized carbons (Fsp3) is 0.412. The molecule has 27 heavy (non-hydrogen) atoms. The molecule has 0 spiro atoms. The van der Waals surface area contributed by atoms with E-state index in [9.17, 15) is 0 Å². The fourth-order valence-electron chi connectivity index (χ4n) is 3.80. The first-order valence-corrected chi connectivity index (χ1v) is 9.22. The van der Waals surface area contributed by atoms with Crippen molar-refractivity contribution >= 4 is 22.9 Å². The molecule has 2 aliphatic rings. The van der Waals surface area contributed by atoms with Crippen LogP contribution >= 0.6 is 0 Å². The van der Waals surface area contributed by atoms with Gasteiger partial charge in [-0.05, 0) is 25.0 Å². The van der Waals surface area contributed by atoms with Crippen LogP contribution in [-0.4, -0.2) is 65.6 Å². The minimum absolute atomic E-state index is 0.593. The average Bonchev–Trinajstić information content (AvgIpc) is 3.25. The standard InChI is InChI=1S/C17H18N10/c1-2-12(1)13-9-14(16-21-20-11-27(16)23-13)24-5-7-25(8-6-24)15-3-4-18-17-22-19-10-26(15)17/h3-4,9-12H,1-2,5-8H2. The number of hydrogen-bond acceptors (Lipinski definition) is 8. The molecule has 6 rings (SSSR count). The first kappa shape index (κ1) is 14.8. The van der Waals surface area contributed by atoms with E-state index < -0.39 is 0 Å². The lowest BCUT2D eigenvalue weighted by Gasteiger charge is -2.37. The summed E-state index contributed by atoms with van der Waals surface area (Å²) >= 11 is 0. The molecule has 1 aliphatic carbocycles. The highest BCUT2D eigenvalue weighted by molar-refractivity contribution is 5.69. The summed E-state index contributed by atoms with van der Waals surface area (Å²) in [7, 11) is 0. The smallest absolute Gasteiger partial charge is 0.256 e. The number of aromatic nitrogens is 8. The van der Waals surface area contributed by atoms with Crippen molar-refractivity contribution < 1.29 is 0 Å². The molecule has 1 aliphatic heterocycles. The zero-order chi connectivity index (χ0) is 17.8. The van der Waals surface area contributed by atoms with Gasteiger partial charge in [-0.15, -0.1) is 20.4 Å². The van der Waals surface area contributed by atoms with Gasteiger partial charge >= 0.3 is 0 Å². The van der Waals surface area contributed by atoms with E-state index in [1.54, 1.807) is 18.9 Å². The number of hydrogen-bond donors (Lipinski definition) is 0. The molecule has 1 saturated heterocycles. The van der Waals surface area contributed by atoms with Gasteiger partial charge in [0.05, 0.1) is 11.4 Å². The van der Waals surface area contributed by atoms with Crippen LogP contribution in [0.25, 0.3) is 11.4 Å². The zero-order valence-electron chi connectivity index (χ0n) is 14.7. The Morgan fingerprint density at radius 2 is 1.74 bits per heavy atom. The van der Waals surface area contributed by atoms with E-state index in [-0.39, 0.29) is 0 Å². The van der Waals surface area contributed by atoms with Crippen LogP contribution in [0.4, 0.5) is 11.5 Å². The van der Waals surface area contributed by atoms with Gasteiger partial charge in [0, 0.05) is 38.3 Å². The third-order valence-corrected chi connectivity index (χ3v) is 5.40. The van der Waals surface area contributed by atoms with Gasteiger partial charge in [-0.3, -0.25) is 4.40 Å². The van der Waals surface area contributed by atoms with E-state index >= 15 is 0 Å². The van der Waals surface area contributed by atoms with Crippen molar-refractivity contribution in [3.63, 3.8) is 0 Å². The summed E-state index contributed by atoms with van der Waals surface area (Å²) in [6.07, 6.45) is 7.65. The zero-order valence-corrected chi connectivity index (χ0v) is 14.7. The van der Waals surface area contributed by atoms with E-state index in [1.165, 1.54) is 12.8 Å². The van der Waals surface area contributed by atoms with Gasteiger partial charge in [-0.1, -0.05) is 0 Å². The Labute approximate surface area is 154 Å². The number of piperazine rings is 1. The van der Waals surface area contributed by atoms with Crippen LogP contribution in [0.1, 0.15) is 24.5 Å². The summed E-state index contributed by atoms with van der Waals surface area (Å²) in [5.41, 5.74) is 3.12. The highest BCUT2D eigenvalue weighted by Gasteiger charge is 2.28. The number of nitrogens with zero attached hydrogens (tertiary/aromatic N) is 10. The molecule has 0 bridgehead atoms. The quantitative estimate of drug-likeness (QED) is 0.528. The number of fused-ring (bicyclic) bond motifs is 2. The predicted molar refractivity (Wildman–Crippen MR) is 98.0 cm³/mol. The second kappa shape index (κ2) is 5.60. The van der Waals surface area contributed by atoms with Gasteiger partial charge in [0.25, 0.3) is 5.78 Å². The Hall–Kier alpha value is -3.30. The summed E-state index contributed by atoms with van der Waals surface area (Å²) in [6.45, 7) is 3.61. The van der Waals surface area contributed by atoms with Crippen molar-refractivity contribution in [1.82, 2.24) is 39.4 Å². The van der Waals surface area contributed by atoms with Crippen molar-refractivity contribution in [1.29, 1.82) is 0 Å². The molecule has 10 heteroatoms. The molecule has 136 valence electrons. The molecule has 0 atom stereocenters. The van der Waals surface area contributed by atoms with E-state index in [2.05, 4.69) is 46.3 Å². The molecular formula is C17H18N10. The molecule has 0 aromatic carbocycles. The Bertz CT molecular complexity index is 1120.